The highest BCUT2D eigenvalue weighted by atomic mass is 32.2. The topological polar surface area (TPSA) is 193 Å². The number of H-pyrrole nitrogens is 1. The molecule has 6 heterocycles. The minimum atomic E-state index is -4.17. The lowest BCUT2D eigenvalue weighted by atomic mass is 9.85. The molecule has 0 radical (unpaired) electrons. The molecule has 0 aliphatic carbocycles. The molecule has 3 saturated heterocycles. The van der Waals surface area contributed by atoms with E-state index in [1.165, 1.54) is 18.1 Å². The zero-order chi connectivity index (χ0) is 46.2. The maximum Gasteiger partial charge on any atom is 0.301 e. The van der Waals surface area contributed by atoms with Gasteiger partial charge in [0, 0.05) is 92.5 Å². The molecule has 342 valence electrons. The molecule has 0 spiro atoms. The fourth-order valence-electron chi connectivity index (χ4n) is 8.41. The number of pyridine rings is 2. The highest BCUT2D eigenvalue weighted by molar-refractivity contribution is 7.90. The lowest BCUT2D eigenvalue weighted by Crippen LogP contribution is -2.54. The summed E-state index contributed by atoms with van der Waals surface area (Å²) in [5, 5.41) is 5.61. The molecule has 2 atom stereocenters. The summed E-state index contributed by atoms with van der Waals surface area (Å²) >= 11 is 0. The molecule has 3 aliphatic rings. The number of piperidine rings is 2. The number of imide groups is 1. The molecule has 0 bridgehead atoms. The zero-order valence-electron chi connectivity index (χ0n) is 35.4. The molecule has 16 nitrogen and oxygen atoms in total. The first-order valence-corrected chi connectivity index (χ1v) is 22.5. The molecule has 3 aromatic heterocycles. The summed E-state index contributed by atoms with van der Waals surface area (Å²) in [6.45, 7) is 2.76. The number of ketones is 1. The van der Waals surface area contributed by atoms with Crippen LogP contribution in [0.2, 0.25) is 0 Å². The van der Waals surface area contributed by atoms with Crippen molar-refractivity contribution in [2.45, 2.75) is 44.1 Å². The summed E-state index contributed by atoms with van der Waals surface area (Å²) in [4.78, 5) is 68.0. The number of aromatic amines is 1. The van der Waals surface area contributed by atoms with Crippen LogP contribution in [0.1, 0.15) is 53.6 Å². The number of piperazine rings is 1. The van der Waals surface area contributed by atoms with Gasteiger partial charge in [0.25, 0.3) is 5.92 Å². The van der Waals surface area contributed by atoms with E-state index in [-0.39, 0.29) is 67.3 Å². The number of fused-ring (bicyclic) bond motifs is 1. The number of amides is 3. The second kappa shape index (κ2) is 18.2. The minimum absolute atomic E-state index is 0.0823. The van der Waals surface area contributed by atoms with E-state index in [1.807, 2.05) is 4.90 Å². The van der Waals surface area contributed by atoms with Crippen molar-refractivity contribution in [3.8, 4) is 11.1 Å². The SMILES string of the molecule is CCN(C)S(=O)(=O)Nc1ccc(F)c(C(=O)c2c[nH]c3ncc(-c4ccc(N5CCN(C(=O)CN6CC[C@H](c7ccccc7NC7CCC(=O)NC7=O)C(F)(F)C6)CC5)nc4)cc23)c1F. The lowest BCUT2D eigenvalue weighted by Gasteiger charge is -2.40. The van der Waals surface area contributed by atoms with Crippen molar-refractivity contribution in [2.75, 3.05) is 74.3 Å². The molecule has 21 heteroatoms. The summed E-state index contributed by atoms with van der Waals surface area (Å²) < 4.78 is 90.4. The monoisotopic (exact) mass is 918 g/mol. The third kappa shape index (κ3) is 9.39. The Kier molecular flexibility index (Phi) is 12.6. The number of benzene rings is 2. The van der Waals surface area contributed by atoms with Gasteiger partial charge in [-0.25, -0.2) is 27.5 Å². The maximum absolute atomic E-state index is 15.8. The average molecular weight is 919 g/mol. The first-order valence-electron chi connectivity index (χ1n) is 21.1. The third-order valence-electron chi connectivity index (χ3n) is 12.2. The van der Waals surface area contributed by atoms with Gasteiger partial charge in [0.2, 0.25) is 23.5 Å². The van der Waals surface area contributed by atoms with Crippen molar-refractivity contribution in [3.63, 3.8) is 0 Å². The molecule has 2 aromatic carbocycles. The van der Waals surface area contributed by atoms with Gasteiger partial charge in [-0.15, -0.1) is 0 Å². The van der Waals surface area contributed by atoms with E-state index in [4.69, 9.17) is 0 Å². The number of halogens is 4. The van der Waals surface area contributed by atoms with Crippen LogP contribution in [0.3, 0.4) is 0 Å². The van der Waals surface area contributed by atoms with E-state index >= 15 is 17.6 Å². The lowest BCUT2D eigenvalue weighted by molar-refractivity contribution is -0.136. The fourth-order valence-corrected chi connectivity index (χ4v) is 9.34. The fraction of sp³-hybridized carbons (Fsp3) is 0.364. The molecule has 0 saturated carbocycles. The van der Waals surface area contributed by atoms with Gasteiger partial charge in [-0.1, -0.05) is 25.1 Å². The first kappa shape index (κ1) is 45.1. The molecule has 5 aromatic rings. The Morgan fingerprint density at radius 3 is 2.40 bits per heavy atom. The van der Waals surface area contributed by atoms with Crippen molar-refractivity contribution in [1.29, 1.82) is 0 Å². The Morgan fingerprint density at radius 2 is 1.69 bits per heavy atom. The predicted molar refractivity (Wildman–Crippen MR) is 234 cm³/mol. The summed E-state index contributed by atoms with van der Waals surface area (Å²) in [6.07, 6.45) is 4.95. The standard InChI is InChI=1S/C44H46F4N10O6S/c1-3-55(2)65(63,64)54-34-10-9-32(45)39(40(34)46)41(61)30-23-51-42-29(30)20-27(22-50-42)26-8-12-36(49-21-26)57-16-18-58(19-17-57)38(60)24-56-15-14-31(44(47,48)25-56)28-6-4-5-7-33(28)52-35-11-13-37(59)53-43(35)62/h4-10,12,20-23,31,35,52,54H,3,11,13-19,24-25H2,1-2H3,(H,50,51)(H,53,59,62)/t31-,35?/m1/s1. The largest absolute Gasteiger partial charge is 0.373 e. The normalized spacial score (nSPS) is 19.4. The van der Waals surface area contributed by atoms with E-state index in [0.29, 0.717) is 54.4 Å². The highest BCUT2D eigenvalue weighted by Crippen LogP contribution is 2.43. The second-order valence-corrected chi connectivity index (χ2v) is 18.1. The van der Waals surface area contributed by atoms with Crippen molar-refractivity contribution in [1.82, 2.24) is 34.4 Å². The first-order chi connectivity index (χ1) is 31.0. The van der Waals surface area contributed by atoms with Gasteiger partial charge in [-0.3, -0.25) is 34.1 Å². The minimum Gasteiger partial charge on any atom is -0.373 e. The highest BCUT2D eigenvalue weighted by Gasteiger charge is 2.47. The molecule has 3 amide bonds. The van der Waals surface area contributed by atoms with Gasteiger partial charge >= 0.3 is 10.2 Å². The number of para-hydroxylation sites is 1. The van der Waals surface area contributed by atoms with E-state index in [1.54, 1.807) is 66.7 Å². The van der Waals surface area contributed by atoms with E-state index in [0.717, 1.165) is 16.4 Å². The molecular formula is C44H46F4N10O6S. The third-order valence-corrected chi connectivity index (χ3v) is 13.7. The number of hydrogen-bond acceptors (Lipinski definition) is 11. The van der Waals surface area contributed by atoms with Crippen LogP contribution in [0.25, 0.3) is 22.2 Å². The van der Waals surface area contributed by atoms with Gasteiger partial charge in [-0.05, 0) is 61.3 Å². The number of nitrogens with one attached hydrogen (secondary N) is 4. The summed E-state index contributed by atoms with van der Waals surface area (Å²) in [6, 6.07) is 12.9. The molecule has 3 aliphatic heterocycles. The van der Waals surface area contributed by atoms with Gasteiger partial charge in [0.15, 0.2) is 5.82 Å². The average Bonchev–Trinajstić information content (AvgIpc) is 3.72. The smallest absolute Gasteiger partial charge is 0.301 e. The van der Waals surface area contributed by atoms with Gasteiger partial charge in [0.1, 0.15) is 23.3 Å². The van der Waals surface area contributed by atoms with Crippen molar-refractivity contribution < 1.29 is 45.2 Å². The van der Waals surface area contributed by atoms with Crippen LogP contribution < -0.4 is 20.3 Å². The summed E-state index contributed by atoms with van der Waals surface area (Å²) in [7, 11) is -2.89. The van der Waals surface area contributed by atoms with E-state index < -0.39 is 69.2 Å². The molecule has 4 N–H and O–H groups in total. The van der Waals surface area contributed by atoms with Gasteiger partial charge < -0.3 is 20.1 Å². The van der Waals surface area contributed by atoms with E-state index in [2.05, 4.69) is 30.3 Å². The summed E-state index contributed by atoms with van der Waals surface area (Å²) in [5.41, 5.74) is 0.634. The van der Waals surface area contributed by atoms with Crippen LogP contribution in [0.5, 0.6) is 0 Å². The molecule has 3 fully saturated rings. The number of nitrogens with zero attached hydrogens (tertiary/aromatic N) is 6. The number of hydrogen-bond donors (Lipinski definition) is 4. The number of alkyl halides is 2. The van der Waals surface area contributed by atoms with Crippen molar-refractivity contribution in [2.24, 2.45) is 0 Å². The molecule has 8 rings (SSSR count). The zero-order valence-corrected chi connectivity index (χ0v) is 36.2. The number of likely N-dealkylation sites (tertiary alicyclic amines) is 1. The number of rotatable bonds is 13. The Bertz CT molecular complexity index is 2770. The molecular weight excluding hydrogens is 873 g/mol. The van der Waals surface area contributed by atoms with Crippen molar-refractivity contribution >= 4 is 61.9 Å². The number of aromatic nitrogens is 3. The Labute approximate surface area is 371 Å². The number of anilines is 3. The van der Waals surface area contributed by atoms with Crippen LogP contribution in [-0.4, -0.2) is 132 Å². The Hall–Kier alpha value is -6.45. The van der Waals surface area contributed by atoms with Gasteiger partial charge in [-0.2, -0.15) is 12.7 Å². The van der Waals surface area contributed by atoms with Crippen LogP contribution in [0.15, 0.2) is 73.2 Å². The quantitative estimate of drug-likeness (QED) is 0.0725. The van der Waals surface area contributed by atoms with Crippen LogP contribution >= 0.6 is 0 Å². The van der Waals surface area contributed by atoms with Crippen molar-refractivity contribution in [3.05, 3.63) is 102 Å². The second-order valence-electron chi connectivity index (χ2n) is 16.3. The number of carbonyl (C=O) groups is 4. The summed E-state index contributed by atoms with van der Waals surface area (Å²) in [5.74, 6) is -8.35. The van der Waals surface area contributed by atoms with Crippen LogP contribution in [0.4, 0.5) is 34.8 Å². The Morgan fingerprint density at radius 1 is 0.938 bits per heavy atom. The Balaban J connectivity index is 0.873. The molecule has 1 unspecified atom stereocenters. The predicted octanol–water partition coefficient (Wildman–Crippen LogP) is 4.73. The molecule has 65 heavy (non-hydrogen) atoms. The van der Waals surface area contributed by atoms with E-state index in [9.17, 15) is 27.6 Å². The maximum atomic E-state index is 15.8. The van der Waals surface area contributed by atoms with Gasteiger partial charge in [0.05, 0.1) is 30.3 Å². The number of carbonyl (C=O) groups excluding carboxylic acids is 4. The van der Waals surface area contributed by atoms with Crippen LogP contribution in [0, 0.1) is 11.6 Å². The van der Waals surface area contributed by atoms with Crippen LogP contribution in [-0.2, 0) is 24.6 Å².